The van der Waals surface area contributed by atoms with Crippen molar-refractivity contribution in [3.8, 4) is 0 Å². The van der Waals surface area contributed by atoms with Crippen molar-refractivity contribution in [2.24, 2.45) is 0 Å². The third kappa shape index (κ3) is 1.81. The number of nitrogens with zero attached hydrogens (tertiary/aromatic N) is 2. The Labute approximate surface area is 162 Å². The van der Waals surface area contributed by atoms with E-state index in [9.17, 15) is 0 Å². The Morgan fingerprint density at radius 1 is 0.815 bits per heavy atom. The zero-order chi connectivity index (χ0) is 19.2. The van der Waals surface area contributed by atoms with E-state index >= 15 is 0 Å². The Bertz CT molecular complexity index is 974. The average Bonchev–Trinajstić information content (AvgIpc) is 3.15. The average molecular weight is 361 g/mol. The van der Waals surface area contributed by atoms with Crippen LogP contribution in [-0.4, -0.2) is 25.9 Å². The maximum absolute atomic E-state index is 7.06. The summed E-state index contributed by atoms with van der Waals surface area (Å²) in [5.74, 6) is 0. The van der Waals surface area contributed by atoms with Gasteiger partial charge in [-0.25, -0.2) is 0 Å². The molecule has 0 saturated heterocycles. The fourth-order valence-electron chi connectivity index (χ4n) is 5.52. The van der Waals surface area contributed by atoms with Crippen LogP contribution in [-0.2, 0) is 15.6 Å². The lowest BCUT2D eigenvalue weighted by atomic mass is 9.74. The zero-order valence-electron chi connectivity index (χ0n) is 17.1. The number of rotatable bonds is 0. The fourth-order valence-corrected chi connectivity index (χ4v) is 5.52. The molecule has 2 aromatic carbocycles. The van der Waals surface area contributed by atoms with E-state index in [0.29, 0.717) is 0 Å². The van der Waals surface area contributed by atoms with Gasteiger partial charge in [0.2, 0.25) is 0 Å². The van der Waals surface area contributed by atoms with Gasteiger partial charge < -0.3 is 14.5 Å². The molecule has 3 nitrogen and oxygen atoms in total. The van der Waals surface area contributed by atoms with Gasteiger partial charge in [-0.05, 0) is 29.3 Å². The highest BCUT2D eigenvalue weighted by Gasteiger charge is 2.62. The van der Waals surface area contributed by atoms with Gasteiger partial charge in [-0.15, -0.1) is 0 Å². The Hall–Kier alpha value is -2.26. The molecule has 27 heavy (non-hydrogen) atoms. The first kappa shape index (κ1) is 16.9. The third-order valence-electron chi connectivity index (χ3n) is 7.24. The van der Waals surface area contributed by atoms with Crippen molar-refractivity contribution in [1.82, 2.24) is 0 Å². The van der Waals surface area contributed by atoms with Gasteiger partial charge in [0, 0.05) is 42.0 Å². The predicted molar refractivity (Wildman–Crippen MR) is 111 cm³/mol. The molecule has 2 aromatic rings. The molecule has 140 valence electrons. The molecule has 0 aliphatic carbocycles. The molecule has 0 bridgehead atoms. The summed E-state index contributed by atoms with van der Waals surface area (Å²) in [5.41, 5.74) is 5.79. The summed E-state index contributed by atoms with van der Waals surface area (Å²) >= 11 is 0. The molecule has 0 radical (unpaired) electrons. The Morgan fingerprint density at radius 2 is 1.41 bits per heavy atom. The van der Waals surface area contributed by atoms with Gasteiger partial charge >= 0.3 is 0 Å². The lowest BCUT2D eigenvalue weighted by Crippen LogP contribution is -2.56. The minimum atomic E-state index is -0.482. The number of para-hydroxylation sites is 2. The second-order valence-electron chi connectivity index (χ2n) is 9.26. The molecule has 0 saturated carbocycles. The smallest absolute Gasteiger partial charge is 0.172 e. The summed E-state index contributed by atoms with van der Waals surface area (Å²) in [7, 11) is 4.34. The zero-order valence-corrected chi connectivity index (χ0v) is 17.1. The van der Waals surface area contributed by atoms with Crippen LogP contribution in [0.4, 0.5) is 11.4 Å². The maximum atomic E-state index is 7.06. The molecular weight excluding hydrogens is 332 g/mol. The normalized spacial score (nSPS) is 29.4. The van der Waals surface area contributed by atoms with Gasteiger partial charge in [-0.1, -0.05) is 64.1 Å². The molecule has 2 unspecified atom stereocenters. The van der Waals surface area contributed by atoms with Crippen molar-refractivity contribution in [1.29, 1.82) is 0 Å². The van der Waals surface area contributed by atoms with E-state index in [1.165, 1.54) is 28.2 Å². The summed E-state index contributed by atoms with van der Waals surface area (Å²) in [4.78, 5) is 4.66. The van der Waals surface area contributed by atoms with E-state index in [-0.39, 0.29) is 16.9 Å². The molecule has 0 N–H and O–H groups in total. The lowest BCUT2D eigenvalue weighted by Gasteiger charge is -2.47. The quantitative estimate of drug-likeness (QED) is 0.670. The largest absolute Gasteiger partial charge is 0.346 e. The molecular formula is C24H28N2O. The molecule has 3 aliphatic heterocycles. The van der Waals surface area contributed by atoms with Gasteiger partial charge in [0.25, 0.3) is 0 Å². The van der Waals surface area contributed by atoms with Crippen molar-refractivity contribution in [3.63, 3.8) is 0 Å². The first-order chi connectivity index (χ1) is 12.7. The van der Waals surface area contributed by atoms with Crippen LogP contribution in [0.3, 0.4) is 0 Å². The monoisotopic (exact) mass is 360 g/mol. The molecule has 5 rings (SSSR count). The van der Waals surface area contributed by atoms with E-state index in [1.54, 1.807) is 0 Å². The van der Waals surface area contributed by atoms with Crippen molar-refractivity contribution in [2.45, 2.75) is 50.4 Å². The SMILES string of the molecule is CN1C2=CC3(OC2C(C)(C)c2ccccc21)N(C)c1ccccc1C3(C)C. The van der Waals surface area contributed by atoms with E-state index in [4.69, 9.17) is 4.74 Å². The van der Waals surface area contributed by atoms with Crippen LogP contribution in [0.1, 0.15) is 38.8 Å². The second-order valence-corrected chi connectivity index (χ2v) is 9.26. The fraction of sp³-hybridized carbons (Fsp3) is 0.417. The highest BCUT2D eigenvalue weighted by Crippen LogP contribution is 2.59. The third-order valence-corrected chi connectivity index (χ3v) is 7.24. The molecule has 1 spiro atoms. The second kappa shape index (κ2) is 4.96. The van der Waals surface area contributed by atoms with Gasteiger partial charge in [0.15, 0.2) is 5.72 Å². The summed E-state index contributed by atoms with van der Waals surface area (Å²) in [6.45, 7) is 9.24. The highest BCUT2D eigenvalue weighted by molar-refractivity contribution is 5.71. The summed E-state index contributed by atoms with van der Waals surface area (Å²) in [5, 5.41) is 0. The number of likely N-dealkylation sites (N-methyl/N-ethyl adjacent to an activating group) is 2. The van der Waals surface area contributed by atoms with Crippen molar-refractivity contribution < 1.29 is 4.74 Å². The first-order valence-electron chi connectivity index (χ1n) is 9.79. The molecule has 3 heterocycles. The van der Waals surface area contributed by atoms with Crippen LogP contribution >= 0.6 is 0 Å². The van der Waals surface area contributed by atoms with E-state index < -0.39 is 5.72 Å². The predicted octanol–water partition coefficient (Wildman–Crippen LogP) is 4.82. The minimum absolute atomic E-state index is 0.0217. The Balaban J connectivity index is 1.71. The first-order valence-corrected chi connectivity index (χ1v) is 9.79. The number of hydrogen-bond donors (Lipinski definition) is 0. The minimum Gasteiger partial charge on any atom is -0.346 e. The van der Waals surface area contributed by atoms with E-state index in [2.05, 4.69) is 106 Å². The van der Waals surface area contributed by atoms with Crippen molar-refractivity contribution >= 4 is 11.4 Å². The number of anilines is 2. The standard InChI is InChI=1S/C24H28N2O/c1-22(2)16-11-7-9-13-18(16)25(5)20-15-24(27-21(20)22)23(3,4)17-12-8-10-14-19(17)26(24)6/h7-15,21H,1-6H3. The Morgan fingerprint density at radius 3 is 2.07 bits per heavy atom. The maximum Gasteiger partial charge on any atom is 0.172 e. The van der Waals surface area contributed by atoms with Crippen molar-refractivity contribution in [2.75, 3.05) is 23.9 Å². The van der Waals surface area contributed by atoms with Gasteiger partial charge in [-0.2, -0.15) is 0 Å². The Kier molecular flexibility index (Phi) is 3.10. The molecule has 3 heteroatoms. The summed E-state index contributed by atoms with van der Waals surface area (Å²) < 4.78 is 7.06. The van der Waals surface area contributed by atoms with Crippen molar-refractivity contribution in [3.05, 3.63) is 71.4 Å². The highest BCUT2D eigenvalue weighted by atomic mass is 16.5. The molecule has 2 atom stereocenters. The number of ether oxygens (including phenoxy) is 1. The molecule has 0 amide bonds. The van der Waals surface area contributed by atoms with E-state index in [0.717, 1.165) is 0 Å². The molecule has 3 aliphatic rings. The number of fused-ring (bicyclic) bond motifs is 3. The van der Waals surface area contributed by atoms with Crippen LogP contribution in [0.2, 0.25) is 0 Å². The summed E-state index contributed by atoms with van der Waals surface area (Å²) in [6, 6.07) is 17.4. The van der Waals surface area contributed by atoms with Crippen LogP contribution in [0, 0.1) is 0 Å². The molecule has 0 fully saturated rings. The topological polar surface area (TPSA) is 15.7 Å². The van der Waals surface area contributed by atoms with Gasteiger partial charge in [0.05, 0.1) is 0 Å². The number of benzene rings is 2. The van der Waals surface area contributed by atoms with Crippen LogP contribution < -0.4 is 9.80 Å². The number of hydrogen-bond acceptors (Lipinski definition) is 3. The van der Waals surface area contributed by atoms with Gasteiger partial charge in [0.1, 0.15) is 6.10 Å². The van der Waals surface area contributed by atoms with Crippen LogP contribution in [0.25, 0.3) is 0 Å². The van der Waals surface area contributed by atoms with Gasteiger partial charge in [-0.3, -0.25) is 0 Å². The van der Waals surface area contributed by atoms with Crippen LogP contribution in [0.15, 0.2) is 60.3 Å². The van der Waals surface area contributed by atoms with Crippen LogP contribution in [0.5, 0.6) is 0 Å². The lowest BCUT2D eigenvalue weighted by molar-refractivity contribution is -0.0836. The molecule has 0 aromatic heterocycles. The van der Waals surface area contributed by atoms with E-state index in [1.807, 2.05) is 0 Å². The summed E-state index contributed by atoms with van der Waals surface area (Å²) in [6.07, 6.45) is 2.41.